The fourth-order valence-corrected chi connectivity index (χ4v) is 4.19. The maximum absolute atomic E-state index is 12.5. The largest absolute Gasteiger partial charge is 0.434 e. The maximum Gasteiger partial charge on any atom is 0.387 e. The van der Waals surface area contributed by atoms with Crippen molar-refractivity contribution in [1.82, 2.24) is 5.32 Å². The van der Waals surface area contributed by atoms with E-state index in [0.717, 1.165) is 5.56 Å². The molecule has 0 unspecified atom stereocenters. The number of alkyl halides is 2. The van der Waals surface area contributed by atoms with Crippen LogP contribution in [0.25, 0.3) is 0 Å². The SMILES string of the molecule is O=C(CS(=O)(=O)CCCc1ccccc1)NCc1cc(Br)ccc1OC(F)F. The van der Waals surface area contributed by atoms with Crippen molar-refractivity contribution >= 4 is 31.7 Å². The summed E-state index contributed by atoms with van der Waals surface area (Å²) in [4.78, 5) is 12.0. The number of amides is 1. The van der Waals surface area contributed by atoms with Crippen molar-refractivity contribution in [1.29, 1.82) is 0 Å². The molecule has 28 heavy (non-hydrogen) atoms. The zero-order valence-electron chi connectivity index (χ0n) is 14.9. The number of halogens is 3. The number of aryl methyl sites for hydroxylation is 1. The topological polar surface area (TPSA) is 72.5 Å². The molecule has 0 atom stereocenters. The quantitative estimate of drug-likeness (QED) is 0.568. The Labute approximate surface area is 171 Å². The first-order valence-corrected chi connectivity index (χ1v) is 11.1. The van der Waals surface area contributed by atoms with Crippen molar-refractivity contribution in [2.45, 2.75) is 26.0 Å². The van der Waals surface area contributed by atoms with Gasteiger partial charge in [-0.25, -0.2) is 8.42 Å². The van der Waals surface area contributed by atoms with Crippen molar-refractivity contribution in [3.8, 4) is 5.75 Å². The van der Waals surface area contributed by atoms with Gasteiger partial charge < -0.3 is 10.1 Å². The van der Waals surface area contributed by atoms with Crippen molar-refractivity contribution in [3.63, 3.8) is 0 Å². The van der Waals surface area contributed by atoms with Crippen LogP contribution in [0.3, 0.4) is 0 Å². The van der Waals surface area contributed by atoms with E-state index in [2.05, 4.69) is 26.0 Å². The first kappa shape index (κ1) is 22.3. The highest BCUT2D eigenvalue weighted by Crippen LogP contribution is 2.24. The molecule has 0 spiro atoms. The van der Waals surface area contributed by atoms with Crippen LogP contribution in [0.5, 0.6) is 5.75 Å². The molecule has 5 nitrogen and oxygen atoms in total. The highest BCUT2D eigenvalue weighted by atomic mass is 79.9. The molecule has 2 rings (SSSR count). The van der Waals surface area contributed by atoms with E-state index in [1.54, 1.807) is 0 Å². The van der Waals surface area contributed by atoms with Crippen molar-refractivity contribution in [3.05, 3.63) is 64.1 Å². The van der Waals surface area contributed by atoms with Crippen LogP contribution in [-0.2, 0) is 27.6 Å². The monoisotopic (exact) mass is 475 g/mol. The van der Waals surface area contributed by atoms with Crippen LogP contribution in [-0.4, -0.2) is 32.4 Å². The number of nitrogens with one attached hydrogen (secondary N) is 1. The van der Waals surface area contributed by atoms with Crippen molar-refractivity contribution in [2.75, 3.05) is 11.5 Å². The number of hydrogen-bond donors (Lipinski definition) is 1. The van der Waals surface area contributed by atoms with E-state index >= 15 is 0 Å². The molecular formula is C19H20BrF2NO4S. The Morgan fingerprint density at radius 2 is 1.86 bits per heavy atom. The molecule has 0 heterocycles. The highest BCUT2D eigenvalue weighted by Gasteiger charge is 2.17. The van der Waals surface area contributed by atoms with Gasteiger partial charge in [0.1, 0.15) is 11.5 Å². The molecule has 1 N–H and O–H groups in total. The molecule has 9 heteroatoms. The second-order valence-corrected chi connectivity index (χ2v) is 9.19. The second kappa shape index (κ2) is 10.5. The summed E-state index contributed by atoms with van der Waals surface area (Å²) >= 11 is 3.21. The van der Waals surface area contributed by atoms with Crippen LogP contribution in [0.15, 0.2) is 53.0 Å². The normalized spacial score (nSPS) is 11.4. The minimum Gasteiger partial charge on any atom is -0.434 e. The van der Waals surface area contributed by atoms with E-state index in [1.807, 2.05) is 30.3 Å². The third-order valence-corrected chi connectivity index (χ3v) is 5.94. The van der Waals surface area contributed by atoms with Gasteiger partial charge in [0.25, 0.3) is 0 Å². The van der Waals surface area contributed by atoms with Gasteiger partial charge in [-0.3, -0.25) is 4.79 Å². The third kappa shape index (κ3) is 7.93. The average molecular weight is 476 g/mol. The van der Waals surface area contributed by atoms with Gasteiger partial charge in [0, 0.05) is 16.6 Å². The van der Waals surface area contributed by atoms with E-state index in [-0.39, 0.29) is 18.0 Å². The van der Waals surface area contributed by atoms with Crippen LogP contribution >= 0.6 is 15.9 Å². The first-order chi connectivity index (χ1) is 13.2. The summed E-state index contributed by atoms with van der Waals surface area (Å²) in [6.45, 7) is -3.12. The molecule has 0 radical (unpaired) electrons. The van der Waals surface area contributed by atoms with Gasteiger partial charge in [-0.1, -0.05) is 46.3 Å². The Balaban J connectivity index is 1.85. The Bertz CT molecular complexity index is 892. The number of ether oxygens (including phenoxy) is 1. The lowest BCUT2D eigenvalue weighted by Gasteiger charge is -2.12. The lowest BCUT2D eigenvalue weighted by molar-refractivity contribution is -0.118. The van der Waals surface area contributed by atoms with Gasteiger partial charge >= 0.3 is 6.61 Å². The van der Waals surface area contributed by atoms with Gasteiger partial charge in [-0.15, -0.1) is 0 Å². The molecule has 0 saturated carbocycles. The first-order valence-electron chi connectivity index (χ1n) is 8.49. The standard InChI is InChI=1S/C19H20BrF2NO4S/c20-16-8-9-17(27-19(21)22)15(11-16)12-23-18(24)13-28(25,26)10-4-7-14-5-2-1-3-6-14/h1-3,5-6,8-9,11,19H,4,7,10,12-13H2,(H,23,24). The lowest BCUT2D eigenvalue weighted by Crippen LogP contribution is -2.31. The Morgan fingerprint density at radius 3 is 2.54 bits per heavy atom. The van der Waals surface area contributed by atoms with Crippen LogP contribution in [0.2, 0.25) is 0 Å². The third-order valence-electron chi connectivity index (χ3n) is 3.83. The summed E-state index contributed by atoms with van der Waals surface area (Å²) in [5, 5.41) is 2.44. The molecule has 1 amide bonds. The van der Waals surface area contributed by atoms with Gasteiger partial charge in [-0.2, -0.15) is 8.78 Å². The molecule has 0 aliphatic rings. The van der Waals surface area contributed by atoms with Gasteiger partial charge in [-0.05, 0) is 36.6 Å². The zero-order chi connectivity index (χ0) is 20.6. The summed E-state index contributed by atoms with van der Waals surface area (Å²) in [5.74, 6) is -1.53. The van der Waals surface area contributed by atoms with E-state index in [4.69, 9.17) is 0 Å². The number of benzene rings is 2. The minimum atomic E-state index is -3.57. The molecule has 0 fully saturated rings. The van der Waals surface area contributed by atoms with Crippen LogP contribution in [0.1, 0.15) is 17.5 Å². The van der Waals surface area contributed by atoms with Crippen LogP contribution < -0.4 is 10.1 Å². The molecular weight excluding hydrogens is 456 g/mol. The molecule has 0 saturated heterocycles. The van der Waals surface area contributed by atoms with Crippen molar-refractivity contribution in [2.24, 2.45) is 0 Å². The number of carbonyl (C=O) groups is 1. The maximum atomic E-state index is 12.5. The summed E-state index contributed by atoms with van der Waals surface area (Å²) in [6.07, 6.45) is 1.02. The predicted octanol–water partition coefficient (Wildman–Crippen LogP) is 3.71. The lowest BCUT2D eigenvalue weighted by atomic mass is 10.1. The van der Waals surface area contributed by atoms with Gasteiger partial charge in [0.2, 0.25) is 5.91 Å². The number of sulfone groups is 1. The fraction of sp³-hybridized carbons (Fsp3) is 0.316. The van der Waals surface area contributed by atoms with Gasteiger partial charge in [0.15, 0.2) is 9.84 Å². The molecule has 0 bridgehead atoms. The van der Waals surface area contributed by atoms with Gasteiger partial charge in [0.05, 0.1) is 5.75 Å². The Morgan fingerprint density at radius 1 is 1.14 bits per heavy atom. The number of rotatable bonds is 10. The van der Waals surface area contributed by atoms with E-state index < -0.39 is 28.1 Å². The van der Waals surface area contributed by atoms with Crippen LogP contribution in [0.4, 0.5) is 8.78 Å². The predicted molar refractivity (Wildman–Crippen MR) is 106 cm³/mol. The molecule has 152 valence electrons. The van der Waals surface area contributed by atoms with Crippen LogP contribution in [0, 0.1) is 0 Å². The number of carbonyl (C=O) groups excluding carboxylic acids is 1. The number of hydrogen-bond acceptors (Lipinski definition) is 4. The summed E-state index contributed by atoms with van der Waals surface area (Å²) < 4.78 is 54.2. The molecule has 0 aromatic heterocycles. The highest BCUT2D eigenvalue weighted by molar-refractivity contribution is 9.10. The summed E-state index contributed by atoms with van der Waals surface area (Å²) in [7, 11) is -3.57. The van der Waals surface area contributed by atoms with Crippen molar-refractivity contribution < 1.29 is 26.7 Å². The molecule has 0 aliphatic carbocycles. The van der Waals surface area contributed by atoms with E-state index in [9.17, 15) is 22.0 Å². The molecule has 0 aliphatic heterocycles. The smallest absolute Gasteiger partial charge is 0.387 e. The Kier molecular flexibility index (Phi) is 8.37. The Hall–Kier alpha value is -2.00. The molecule has 2 aromatic carbocycles. The summed E-state index contributed by atoms with van der Waals surface area (Å²) in [6, 6.07) is 13.9. The van der Waals surface area contributed by atoms with E-state index in [0.29, 0.717) is 22.9 Å². The summed E-state index contributed by atoms with van der Waals surface area (Å²) in [5.41, 5.74) is 1.34. The van der Waals surface area contributed by atoms with E-state index in [1.165, 1.54) is 18.2 Å². The zero-order valence-corrected chi connectivity index (χ0v) is 17.3. The molecule has 2 aromatic rings. The average Bonchev–Trinajstić information content (AvgIpc) is 2.62. The fourth-order valence-electron chi connectivity index (χ4n) is 2.55. The minimum absolute atomic E-state index is 0.0794. The second-order valence-electron chi connectivity index (χ2n) is 6.09.